The largest absolute Gasteiger partial charge is 0.356 e. The summed E-state index contributed by atoms with van der Waals surface area (Å²) in [5.41, 5.74) is 0. The van der Waals surface area contributed by atoms with Crippen molar-refractivity contribution in [1.82, 2.24) is 25.3 Å². The van der Waals surface area contributed by atoms with Gasteiger partial charge in [0.1, 0.15) is 0 Å². The molecule has 0 amide bonds. The van der Waals surface area contributed by atoms with Crippen LogP contribution < -0.4 is 10.6 Å². The zero-order valence-corrected chi connectivity index (χ0v) is 20.3. The molecular formula is C19H43IN6. The predicted octanol–water partition coefficient (Wildman–Crippen LogP) is 1.92. The first-order valence-electron chi connectivity index (χ1n) is 10.0. The highest BCUT2D eigenvalue weighted by atomic mass is 127. The van der Waals surface area contributed by atoms with Crippen LogP contribution >= 0.6 is 24.0 Å². The number of aliphatic imine (C=N–C) groups is 1. The van der Waals surface area contributed by atoms with Crippen LogP contribution in [-0.4, -0.2) is 99.2 Å². The molecule has 26 heavy (non-hydrogen) atoms. The van der Waals surface area contributed by atoms with Crippen molar-refractivity contribution in [3.05, 3.63) is 0 Å². The van der Waals surface area contributed by atoms with Crippen molar-refractivity contribution in [3.63, 3.8) is 0 Å². The second-order valence-corrected chi connectivity index (χ2v) is 7.70. The molecule has 0 atom stereocenters. The summed E-state index contributed by atoms with van der Waals surface area (Å²) in [7, 11) is 4.07. The molecule has 1 aliphatic heterocycles. The van der Waals surface area contributed by atoms with Crippen LogP contribution in [0.2, 0.25) is 0 Å². The van der Waals surface area contributed by atoms with E-state index < -0.39 is 0 Å². The third-order valence-electron chi connectivity index (χ3n) is 4.97. The van der Waals surface area contributed by atoms with Gasteiger partial charge < -0.3 is 20.4 Å². The lowest BCUT2D eigenvalue weighted by molar-refractivity contribution is 0.178. The van der Waals surface area contributed by atoms with Gasteiger partial charge in [-0.1, -0.05) is 0 Å². The van der Waals surface area contributed by atoms with E-state index in [1.165, 1.54) is 39.1 Å². The van der Waals surface area contributed by atoms with Crippen LogP contribution in [0.25, 0.3) is 0 Å². The van der Waals surface area contributed by atoms with Gasteiger partial charge >= 0.3 is 0 Å². The Morgan fingerprint density at radius 2 is 1.65 bits per heavy atom. The highest BCUT2D eigenvalue weighted by molar-refractivity contribution is 14.0. The van der Waals surface area contributed by atoms with Crippen LogP contribution in [0.3, 0.4) is 0 Å². The van der Waals surface area contributed by atoms with Crippen LogP contribution in [0.1, 0.15) is 40.5 Å². The molecule has 1 saturated heterocycles. The van der Waals surface area contributed by atoms with Gasteiger partial charge in [-0.05, 0) is 67.2 Å². The SMILES string of the molecule is CN=C(NCCCN1CCCN(C)CC1)NCCN(C(C)C)C(C)C.I. The van der Waals surface area contributed by atoms with Gasteiger partial charge in [0.2, 0.25) is 0 Å². The summed E-state index contributed by atoms with van der Waals surface area (Å²) in [6.07, 6.45) is 2.45. The topological polar surface area (TPSA) is 46.1 Å². The van der Waals surface area contributed by atoms with Gasteiger partial charge in [0.15, 0.2) is 5.96 Å². The van der Waals surface area contributed by atoms with E-state index in [1.54, 1.807) is 0 Å². The fourth-order valence-corrected chi connectivity index (χ4v) is 3.47. The predicted molar refractivity (Wildman–Crippen MR) is 125 cm³/mol. The Bertz CT molecular complexity index is 367. The quantitative estimate of drug-likeness (QED) is 0.228. The minimum Gasteiger partial charge on any atom is -0.356 e. The monoisotopic (exact) mass is 482 g/mol. The summed E-state index contributed by atoms with van der Waals surface area (Å²) >= 11 is 0. The number of nitrogens with zero attached hydrogens (tertiary/aromatic N) is 4. The number of hydrogen-bond acceptors (Lipinski definition) is 4. The van der Waals surface area contributed by atoms with Crippen LogP contribution in [0, 0.1) is 0 Å². The molecule has 0 bridgehead atoms. The molecule has 0 aromatic carbocycles. The van der Waals surface area contributed by atoms with Gasteiger partial charge in [-0.15, -0.1) is 24.0 Å². The average molecular weight is 482 g/mol. The standard InChI is InChI=1S/C19H42N6.HI/c1-17(2)25(18(3)4)14-10-22-19(20-5)21-9-7-12-24-13-8-11-23(6)15-16-24;/h17-18H,7-16H2,1-6H3,(H2,20,21,22);1H. The smallest absolute Gasteiger partial charge is 0.191 e. The molecule has 0 radical (unpaired) electrons. The highest BCUT2D eigenvalue weighted by Gasteiger charge is 2.13. The van der Waals surface area contributed by atoms with Gasteiger partial charge in [0, 0.05) is 51.9 Å². The first-order valence-corrected chi connectivity index (χ1v) is 10.0. The number of hydrogen-bond donors (Lipinski definition) is 2. The fourth-order valence-electron chi connectivity index (χ4n) is 3.47. The maximum atomic E-state index is 4.34. The fraction of sp³-hybridized carbons (Fsp3) is 0.947. The second kappa shape index (κ2) is 14.9. The van der Waals surface area contributed by atoms with Crippen LogP contribution in [-0.2, 0) is 0 Å². The van der Waals surface area contributed by atoms with Crippen LogP contribution in [0.5, 0.6) is 0 Å². The summed E-state index contributed by atoms with van der Waals surface area (Å²) in [5, 5.41) is 6.89. The van der Waals surface area contributed by atoms with Crippen molar-refractivity contribution >= 4 is 29.9 Å². The Labute approximate surface area is 179 Å². The van der Waals surface area contributed by atoms with Gasteiger partial charge in [-0.3, -0.25) is 9.89 Å². The normalized spacial score (nSPS) is 17.5. The average Bonchev–Trinajstić information content (AvgIpc) is 2.77. The molecule has 6 nitrogen and oxygen atoms in total. The van der Waals surface area contributed by atoms with E-state index in [2.05, 4.69) is 65.1 Å². The Morgan fingerprint density at radius 1 is 1.00 bits per heavy atom. The van der Waals surface area contributed by atoms with Gasteiger partial charge in [0.05, 0.1) is 0 Å². The molecule has 0 aromatic rings. The summed E-state index contributed by atoms with van der Waals surface area (Å²) in [6.45, 7) is 18.0. The zero-order chi connectivity index (χ0) is 18.7. The third-order valence-corrected chi connectivity index (χ3v) is 4.97. The molecule has 2 N–H and O–H groups in total. The molecule has 1 fully saturated rings. The summed E-state index contributed by atoms with van der Waals surface area (Å²) in [4.78, 5) is 11.9. The van der Waals surface area contributed by atoms with Crippen molar-refractivity contribution in [2.24, 2.45) is 4.99 Å². The van der Waals surface area contributed by atoms with Crippen molar-refractivity contribution < 1.29 is 0 Å². The molecule has 156 valence electrons. The second-order valence-electron chi connectivity index (χ2n) is 7.70. The van der Waals surface area contributed by atoms with Crippen molar-refractivity contribution in [2.45, 2.75) is 52.6 Å². The maximum Gasteiger partial charge on any atom is 0.191 e. The molecule has 1 heterocycles. The molecule has 0 aromatic heterocycles. The summed E-state index contributed by atoms with van der Waals surface area (Å²) < 4.78 is 0. The lowest BCUT2D eigenvalue weighted by atomic mass is 10.2. The van der Waals surface area contributed by atoms with Crippen molar-refractivity contribution in [1.29, 1.82) is 0 Å². The molecule has 7 heteroatoms. The van der Waals surface area contributed by atoms with Gasteiger partial charge in [0.25, 0.3) is 0 Å². The molecule has 1 rings (SSSR count). The Balaban J connectivity index is 0.00000625. The van der Waals surface area contributed by atoms with Crippen molar-refractivity contribution in [3.8, 4) is 0 Å². The summed E-state index contributed by atoms with van der Waals surface area (Å²) in [5.74, 6) is 0.920. The van der Waals surface area contributed by atoms with E-state index in [0.717, 1.165) is 32.0 Å². The summed E-state index contributed by atoms with van der Waals surface area (Å²) in [6, 6.07) is 1.15. The molecule has 1 aliphatic rings. The van der Waals surface area contributed by atoms with Crippen LogP contribution in [0.4, 0.5) is 0 Å². The number of guanidine groups is 1. The minimum atomic E-state index is 0. The lowest BCUT2D eigenvalue weighted by Gasteiger charge is -2.30. The molecule has 0 saturated carbocycles. The van der Waals surface area contributed by atoms with Gasteiger partial charge in [-0.25, -0.2) is 0 Å². The van der Waals surface area contributed by atoms with E-state index in [-0.39, 0.29) is 24.0 Å². The van der Waals surface area contributed by atoms with E-state index in [9.17, 15) is 0 Å². The Morgan fingerprint density at radius 3 is 2.27 bits per heavy atom. The number of rotatable bonds is 9. The molecule has 0 aliphatic carbocycles. The first kappa shape index (κ1) is 25.9. The molecule has 0 unspecified atom stereocenters. The first-order chi connectivity index (χ1) is 11.9. The van der Waals surface area contributed by atoms with E-state index in [4.69, 9.17) is 0 Å². The highest BCUT2D eigenvalue weighted by Crippen LogP contribution is 2.03. The lowest BCUT2D eigenvalue weighted by Crippen LogP contribution is -2.45. The van der Waals surface area contributed by atoms with Crippen LogP contribution in [0.15, 0.2) is 4.99 Å². The number of likely N-dealkylation sites (N-methyl/N-ethyl adjacent to an activating group) is 1. The Kier molecular flexibility index (Phi) is 14.8. The number of halogens is 1. The zero-order valence-electron chi connectivity index (χ0n) is 17.9. The van der Waals surface area contributed by atoms with Gasteiger partial charge in [-0.2, -0.15) is 0 Å². The Hall–Kier alpha value is -0.120. The molecular weight excluding hydrogens is 439 g/mol. The maximum absolute atomic E-state index is 4.34. The molecule has 0 spiro atoms. The van der Waals surface area contributed by atoms with Crippen molar-refractivity contribution in [2.75, 3.05) is 66.5 Å². The van der Waals surface area contributed by atoms with E-state index in [0.29, 0.717) is 12.1 Å². The van der Waals surface area contributed by atoms with E-state index in [1.807, 2.05) is 7.05 Å². The van der Waals surface area contributed by atoms with E-state index >= 15 is 0 Å². The minimum absolute atomic E-state index is 0. The number of nitrogens with one attached hydrogen (secondary N) is 2. The third kappa shape index (κ3) is 10.9.